The van der Waals surface area contributed by atoms with E-state index in [4.69, 9.17) is 5.73 Å². The second kappa shape index (κ2) is 6.93. The third-order valence-electron chi connectivity index (χ3n) is 2.96. The standard InChI is InChI=1S/C13H22F3N3/c1-10(2)7-11(17)12-8-18-9-19(12)6-4-3-5-13(14,15)16/h8-11H,3-7,17H2,1-2H3. The van der Waals surface area contributed by atoms with Gasteiger partial charge in [-0.2, -0.15) is 13.2 Å². The van der Waals surface area contributed by atoms with Crippen molar-refractivity contribution in [2.24, 2.45) is 11.7 Å². The highest BCUT2D eigenvalue weighted by Crippen LogP contribution is 2.23. The Hall–Kier alpha value is -1.04. The predicted octanol–water partition coefficient (Wildman–Crippen LogP) is 3.66. The van der Waals surface area contributed by atoms with Crippen LogP contribution in [-0.2, 0) is 6.54 Å². The maximum atomic E-state index is 12.0. The molecule has 0 radical (unpaired) electrons. The van der Waals surface area contributed by atoms with Crippen LogP contribution >= 0.6 is 0 Å². The molecular formula is C13H22F3N3. The lowest BCUT2D eigenvalue weighted by Gasteiger charge is -2.16. The van der Waals surface area contributed by atoms with Gasteiger partial charge < -0.3 is 10.3 Å². The zero-order valence-corrected chi connectivity index (χ0v) is 11.5. The summed E-state index contributed by atoms with van der Waals surface area (Å²) in [4.78, 5) is 4.04. The Labute approximate surface area is 112 Å². The van der Waals surface area contributed by atoms with Crippen LogP contribution in [-0.4, -0.2) is 15.7 Å². The monoisotopic (exact) mass is 277 g/mol. The Morgan fingerprint density at radius 3 is 2.58 bits per heavy atom. The first-order chi connectivity index (χ1) is 8.79. The molecule has 0 bridgehead atoms. The van der Waals surface area contributed by atoms with E-state index in [0.29, 0.717) is 18.9 Å². The Morgan fingerprint density at radius 2 is 2.00 bits per heavy atom. The van der Waals surface area contributed by atoms with Gasteiger partial charge in [0.05, 0.1) is 12.0 Å². The first-order valence-electron chi connectivity index (χ1n) is 6.62. The van der Waals surface area contributed by atoms with Gasteiger partial charge in [0.1, 0.15) is 0 Å². The molecule has 0 spiro atoms. The normalized spacial score (nSPS) is 14.1. The SMILES string of the molecule is CC(C)CC(N)c1cncn1CCCCC(F)(F)F. The molecule has 1 atom stereocenters. The highest BCUT2D eigenvalue weighted by atomic mass is 19.4. The number of hydrogen-bond acceptors (Lipinski definition) is 2. The number of unbranched alkanes of at least 4 members (excludes halogenated alkanes) is 1. The first-order valence-corrected chi connectivity index (χ1v) is 6.62. The summed E-state index contributed by atoms with van der Waals surface area (Å²) in [6.07, 6.45) is 0.0207. The lowest BCUT2D eigenvalue weighted by Crippen LogP contribution is -2.17. The molecule has 0 aromatic carbocycles. The van der Waals surface area contributed by atoms with E-state index in [1.807, 2.05) is 4.57 Å². The van der Waals surface area contributed by atoms with Crippen LogP contribution in [0.1, 0.15) is 51.3 Å². The molecule has 3 nitrogen and oxygen atoms in total. The maximum absolute atomic E-state index is 12.0. The summed E-state index contributed by atoms with van der Waals surface area (Å²) in [5, 5.41) is 0. The molecule has 0 saturated carbocycles. The van der Waals surface area contributed by atoms with Crippen LogP contribution in [0, 0.1) is 5.92 Å². The Kier molecular flexibility index (Phi) is 5.85. The number of aryl methyl sites for hydroxylation is 1. The van der Waals surface area contributed by atoms with Gasteiger partial charge in [0.15, 0.2) is 0 Å². The largest absolute Gasteiger partial charge is 0.389 e. The molecule has 1 aromatic heterocycles. The van der Waals surface area contributed by atoms with Gasteiger partial charge in [-0.05, 0) is 25.2 Å². The van der Waals surface area contributed by atoms with E-state index in [1.165, 1.54) is 0 Å². The fraction of sp³-hybridized carbons (Fsp3) is 0.769. The van der Waals surface area contributed by atoms with Crippen LogP contribution < -0.4 is 5.73 Å². The van der Waals surface area contributed by atoms with E-state index >= 15 is 0 Å². The summed E-state index contributed by atoms with van der Waals surface area (Å²) in [6.45, 7) is 4.71. The van der Waals surface area contributed by atoms with Crippen molar-refractivity contribution in [2.45, 2.75) is 58.3 Å². The Bertz CT molecular complexity index is 371. The summed E-state index contributed by atoms with van der Waals surface area (Å²) < 4.78 is 38.0. The van der Waals surface area contributed by atoms with Crippen molar-refractivity contribution in [3.8, 4) is 0 Å². The van der Waals surface area contributed by atoms with Gasteiger partial charge in [-0.1, -0.05) is 13.8 Å². The Balaban J connectivity index is 2.45. The van der Waals surface area contributed by atoms with Crippen LogP contribution in [0.15, 0.2) is 12.5 Å². The molecule has 1 aromatic rings. The first kappa shape index (κ1) is 16.0. The molecular weight excluding hydrogens is 255 g/mol. The lowest BCUT2D eigenvalue weighted by atomic mass is 10.0. The van der Waals surface area contributed by atoms with Crippen molar-refractivity contribution < 1.29 is 13.2 Å². The van der Waals surface area contributed by atoms with E-state index < -0.39 is 12.6 Å². The summed E-state index contributed by atoms with van der Waals surface area (Å²) >= 11 is 0. The average Bonchev–Trinajstić information content (AvgIpc) is 2.70. The quantitative estimate of drug-likeness (QED) is 0.773. The summed E-state index contributed by atoms with van der Waals surface area (Å²) in [5.41, 5.74) is 6.98. The van der Waals surface area contributed by atoms with Gasteiger partial charge in [-0.3, -0.25) is 0 Å². The minimum absolute atomic E-state index is 0.106. The van der Waals surface area contributed by atoms with Crippen molar-refractivity contribution in [2.75, 3.05) is 0 Å². The zero-order chi connectivity index (χ0) is 14.5. The lowest BCUT2D eigenvalue weighted by molar-refractivity contribution is -0.135. The molecule has 2 N–H and O–H groups in total. The van der Waals surface area contributed by atoms with Gasteiger partial charge >= 0.3 is 6.18 Å². The number of aromatic nitrogens is 2. The predicted molar refractivity (Wildman–Crippen MR) is 68.5 cm³/mol. The van der Waals surface area contributed by atoms with Crippen molar-refractivity contribution in [3.05, 3.63) is 18.2 Å². The van der Waals surface area contributed by atoms with Crippen molar-refractivity contribution in [1.29, 1.82) is 0 Å². The van der Waals surface area contributed by atoms with Crippen LogP contribution in [0.2, 0.25) is 0 Å². The molecule has 0 fully saturated rings. The van der Waals surface area contributed by atoms with Crippen molar-refractivity contribution in [1.82, 2.24) is 9.55 Å². The van der Waals surface area contributed by atoms with E-state index in [1.54, 1.807) is 12.5 Å². The second-order valence-electron chi connectivity index (χ2n) is 5.32. The summed E-state index contributed by atoms with van der Waals surface area (Å²) in [5.74, 6) is 0.476. The third kappa shape index (κ3) is 6.09. The molecule has 110 valence electrons. The van der Waals surface area contributed by atoms with Gasteiger partial charge in [0, 0.05) is 25.2 Å². The second-order valence-corrected chi connectivity index (χ2v) is 5.32. The van der Waals surface area contributed by atoms with Gasteiger partial charge in [-0.25, -0.2) is 4.98 Å². The molecule has 6 heteroatoms. The third-order valence-corrected chi connectivity index (χ3v) is 2.96. The van der Waals surface area contributed by atoms with Gasteiger partial charge in [0.2, 0.25) is 0 Å². The van der Waals surface area contributed by atoms with Crippen LogP contribution in [0.3, 0.4) is 0 Å². The van der Waals surface area contributed by atoms with Crippen LogP contribution in [0.5, 0.6) is 0 Å². The number of hydrogen-bond donors (Lipinski definition) is 1. The fourth-order valence-electron chi connectivity index (χ4n) is 2.06. The number of nitrogens with zero attached hydrogens (tertiary/aromatic N) is 2. The number of nitrogens with two attached hydrogens (primary N) is 1. The van der Waals surface area contributed by atoms with Crippen molar-refractivity contribution in [3.63, 3.8) is 0 Å². The molecule has 19 heavy (non-hydrogen) atoms. The molecule has 0 aliphatic heterocycles. The number of imidazole rings is 1. The zero-order valence-electron chi connectivity index (χ0n) is 11.5. The molecule has 1 rings (SSSR count). The fourth-order valence-corrected chi connectivity index (χ4v) is 2.06. The van der Waals surface area contributed by atoms with Gasteiger partial charge in [0.25, 0.3) is 0 Å². The minimum Gasteiger partial charge on any atom is -0.333 e. The number of halogens is 3. The number of alkyl halides is 3. The summed E-state index contributed by atoms with van der Waals surface area (Å²) in [7, 11) is 0. The molecule has 0 aliphatic carbocycles. The molecule has 0 aliphatic rings. The highest BCUT2D eigenvalue weighted by molar-refractivity contribution is 5.04. The number of rotatable bonds is 7. The van der Waals surface area contributed by atoms with Crippen LogP contribution in [0.4, 0.5) is 13.2 Å². The smallest absolute Gasteiger partial charge is 0.333 e. The van der Waals surface area contributed by atoms with E-state index in [0.717, 1.165) is 12.1 Å². The maximum Gasteiger partial charge on any atom is 0.389 e. The van der Waals surface area contributed by atoms with E-state index in [9.17, 15) is 13.2 Å². The molecule has 1 unspecified atom stereocenters. The van der Waals surface area contributed by atoms with Crippen LogP contribution in [0.25, 0.3) is 0 Å². The highest BCUT2D eigenvalue weighted by Gasteiger charge is 2.25. The van der Waals surface area contributed by atoms with E-state index in [2.05, 4.69) is 18.8 Å². The molecule has 1 heterocycles. The van der Waals surface area contributed by atoms with E-state index in [-0.39, 0.29) is 12.5 Å². The Morgan fingerprint density at radius 1 is 1.32 bits per heavy atom. The summed E-state index contributed by atoms with van der Waals surface area (Å²) in [6, 6.07) is -0.106. The topological polar surface area (TPSA) is 43.8 Å². The average molecular weight is 277 g/mol. The van der Waals surface area contributed by atoms with Gasteiger partial charge in [-0.15, -0.1) is 0 Å². The molecule has 0 amide bonds. The minimum atomic E-state index is -4.06. The van der Waals surface area contributed by atoms with Crippen molar-refractivity contribution >= 4 is 0 Å². The molecule has 0 saturated heterocycles.